The van der Waals surface area contributed by atoms with Crippen LogP contribution in [0.15, 0.2) is 66.7 Å². The second-order valence-corrected chi connectivity index (χ2v) is 8.94. The van der Waals surface area contributed by atoms with Crippen LogP contribution in [0.1, 0.15) is 46.7 Å². The highest BCUT2D eigenvalue weighted by atomic mass is 16.5. The van der Waals surface area contributed by atoms with E-state index >= 15 is 0 Å². The lowest BCUT2D eigenvalue weighted by Crippen LogP contribution is -2.42. The number of rotatable bonds is 5. The molecule has 7 nitrogen and oxygen atoms in total. The second kappa shape index (κ2) is 9.62. The van der Waals surface area contributed by atoms with E-state index in [2.05, 4.69) is 22.8 Å². The molecule has 2 aliphatic rings. The van der Waals surface area contributed by atoms with Crippen LogP contribution >= 0.6 is 0 Å². The molecule has 0 saturated carbocycles. The third-order valence-corrected chi connectivity index (χ3v) is 6.65. The Hall–Kier alpha value is -4.13. The number of benzene rings is 3. The summed E-state index contributed by atoms with van der Waals surface area (Å²) in [6, 6.07) is 20.1. The normalized spacial score (nSPS) is 16.5. The first kappa shape index (κ1) is 22.7. The van der Waals surface area contributed by atoms with Gasteiger partial charge in [-0.15, -0.1) is 0 Å². The topological polar surface area (TPSA) is 87.7 Å². The summed E-state index contributed by atoms with van der Waals surface area (Å²) in [5.41, 5.74) is 4.84. The zero-order valence-corrected chi connectivity index (χ0v) is 19.5. The molecule has 0 saturated heterocycles. The molecule has 0 radical (unpaired) electrons. The molecule has 1 atom stereocenters. The Morgan fingerprint density at radius 1 is 1.09 bits per heavy atom. The van der Waals surface area contributed by atoms with Crippen LogP contribution in [0.5, 0.6) is 5.75 Å². The molecule has 1 aliphatic carbocycles. The lowest BCUT2D eigenvalue weighted by atomic mass is 9.81. The molecule has 35 heavy (non-hydrogen) atoms. The molecule has 1 aliphatic heterocycles. The third kappa shape index (κ3) is 4.75. The summed E-state index contributed by atoms with van der Waals surface area (Å²) in [4.78, 5) is 39.4. The van der Waals surface area contributed by atoms with Gasteiger partial charge in [-0.05, 0) is 84.8 Å². The molecule has 5 rings (SSSR count). The predicted octanol–water partition coefficient (Wildman–Crippen LogP) is 4.74. The first-order valence-electron chi connectivity index (χ1n) is 11.8. The van der Waals surface area contributed by atoms with Crippen molar-refractivity contribution in [2.45, 2.75) is 31.6 Å². The largest absolute Gasteiger partial charge is 0.497 e. The number of nitrogens with zero attached hydrogens (tertiary/aromatic N) is 1. The van der Waals surface area contributed by atoms with Gasteiger partial charge in [0.25, 0.3) is 5.91 Å². The van der Waals surface area contributed by atoms with Crippen LogP contribution in [0.4, 0.5) is 17.1 Å². The van der Waals surface area contributed by atoms with Crippen LogP contribution in [0.3, 0.4) is 0 Å². The molecule has 3 aromatic carbocycles. The Balaban J connectivity index is 1.25. The highest BCUT2D eigenvalue weighted by Crippen LogP contribution is 2.36. The number of nitrogens with one attached hydrogen (secondary N) is 2. The van der Waals surface area contributed by atoms with Crippen molar-refractivity contribution in [2.75, 3.05) is 29.2 Å². The summed E-state index contributed by atoms with van der Waals surface area (Å²) in [6.45, 7) is -0.0386. The predicted molar refractivity (Wildman–Crippen MR) is 135 cm³/mol. The minimum atomic E-state index is -0.264. The number of amides is 3. The molecule has 178 valence electrons. The summed E-state index contributed by atoms with van der Waals surface area (Å²) < 4.78 is 5.34. The summed E-state index contributed by atoms with van der Waals surface area (Å²) in [6.07, 6.45) is 3.43. The fraction of sp³-hybridized carbons (Fsp3) is 0.250. The van der Waals surface area contributed by atoms with Gasteiger partial charge in [-0.25, -0.2) is 0 Å². The monoisotopic (exact) mass is 469 g/mol. The molecular formula is C28H27N3O4. The maximum atomic E-state index is 13.1. The average Bonchev–Trinajstić information content (AvgIpc) is 2.88. The molecule has 2 N–H and O–H groups in total. The number of methoxy groups -OCH3 is 1. The van der Waals surface area contributed by atoms with Crippen LogP contribution in [-0.2, 0) is 16.0 Å². The van der Waals surface area contributed by atoms with E-state index in [0.29, 0.717) is 29.0 Å². The molecular weight excluding hydrogens is 442 g/mol. The number of fused-ring (bicyclic) bond motifs is 2. The molecule has 3 amide bonds. The fourth-order valence-corrected chi connectivity index (χ4v) is 4.93. The number of aryl methyl sites for hydroxylation is 1. The minimum Gasteiger partial charge on any atom is -0.497 e. The van der Waals surface area contributed by atoms with Crippen molar-refractivity contribution >= 4 is 34.8 Å². The SMILES string of the molecule is COc1ccc2c(c1)CCCC2CC(=O)Nc1ccc(C(=O)N2CC(=O)Nc3ccccc32)cc1. The lowest BCUT2D eigenvalue weighted by Gasteiger charge is -2.29. The zero-order chi connectivity index (χ0) is 24.4. The second-order valence-electron chi connectivity index (χ2n) is 8.94. The van der Waals surface area contributed by atoms with Crippen molar-refractivity contribution < 1.29 is 19.1 Å². The molecule has 1 heterocycles. The smallest absolute Gasteiger partial charge is 0.258 e. The van der Waals surface area contributed by atoms with Crippen molar-refractivity contribution in [3.63, 3.8) is 0 Å². The van der Waals surface area contributed by atoms with E-state index in [-0.39, 0.29) is 30.2 Å². The van der Waals surface area contributed by atoms with Gasteiger partial charge in [0.05, 0.1) is 18.5 Å². The van der Waals surface area contributed by atoms with Gasteiger partial charge in [-0.2, -0.15) is 0 Å². The average molecular weight is 470 g/mol. The Morgan fingerprint density at radius 2 is 1.89 bits per heavy atom. The number of carbonyl (C=O) groups is 3. The third-order valence-electron chi connectivity index (χ3n) is 6.65. The quantitative estimate of drug-likeness (QED) is 0.565. The van der Waals surface area contributed by atoms with Gasteiger partial charge in [0.2, 0.25) is 11.8 Å². The maximum Gasteiger partial charge on any atom is 0.258 e. The van der Waals surface area contributed by atoms with E-state index in [1.165, 1.54) is 16.0 Å². The lowest BCUT2D eigenvalue weighted by molar-refractivity contribution is -0.117. The van der Waals surface area contributed by atoms with Gasteiger partial charge < -0.3 is 15.4 Å². The van der Waals surface area contributed by atoms with E-state index in [9.17, 15) is 14.4 Å². The van der Waals surface area contributed by atoms with Crippen LogP contribution in [0.2, 0.25) is 0 Å². The van der Waals surface area contributed by atoms with Gasteiger partial charge in [-0.1, -0.05) is 18.2 Å². The van der Waals surface area contributed by atoms with Crippen LogP contribution in [0.25, 0.3) is 0 Å². The van der Waals surface area contributed by atoms with Crippen molar-refractivity contribution in [3.8, 4) is 5.75 Å². The zero-order valence-electron chi connectivity index (χ0n) is 19.5. The highest BCUT2D eigenvalue weighted by Gasteiger charge is 2.27. The highest BCUT2D eigenvalue weighted by molar-refractivity contribution is 6.15. The first-order valence-corrected chi connectivity index (χ1v) is 11.8. The maximum absolute atomic E-state index is 13.1. The summed E-state index contributed by atoms with van der Waals surface area (Å²) >= 11 is 0. The van der Waals surface area contributed by atoms with Crippen LogP contribution in [0, 0.1) is 0 Å². The Kier molecular flexibility index (Phi) is 6.23. The Bertz CT molecular complexity index is 1290. The first-order chi connectivity index (χ1) is 17.0. The Labute approximate surface area is 204 Å². The standard InChI is InChI=1S/C28H27N3O4/c1-35-22-13-14-23-19(15-22)5-4-6-20(23)16-26(32)29-21-11-9-18(10-12-21)28(34)31-17-27(33)30-24-7-2-3-8-25(24)31/h2-3,7-15,20H,4-6,16-17H2,1H3,(H,29,32)(H,30,33). The number of carbonyl (C=O) groups excluding carboxylic acids is 3. The van der Waals surface area contributed by atoms with Crippen molar-refractivity contribution in [1.82, 2.24) is 0 Å². The summed E-state index contributed by atoms with van der Waals surface area (Å²) in [5.74, 6) is 0.468. The van der Waals surface area contributed by atoms with E-state index < -0.39 is 0 Å². The molecule has 0 fully saturated rings. The van der Waals surface area contributed by atoms with Crippen LogP contribution in [-0.4, -0.2) is 31.4 Å². The van der Waals surface area contributed by atoms with Crippen molar-refractivity contribution in [2.24, 2.45) is 0 Å². The minimum absolute atomic E-state index is 0.0386. The fourth-order valence-electron chi connectivity index (χ4n) is 4.93. The van der Waals surface area contributed by atoms with Gasteiger partial charge >= 0.3 is 0 Å². The Morgan fingerprint density at radius 3 is 2.69 bits per heavy atom. The molecule has 0 bridgehead atoms. The van der Waals surface area contributed by atoms with E-state index in [0.717, 1.165) is 25.0 Å². The van der Waals surface area contributed by atoms with Gasteiger partial charge in [0.15, 0.2) is 0 Å². The summed E-state index contributed by atoms with van der Waals surface area (Å²) in [5, 5.41) is 5.74. The molecule has 7 heteroatoms. The van der Waals surface area contributed by atoms with Gasteiger partial charge in [-0.3, -0.25) is 19.3 Å². The number of para-hydroxylation sites is 2. The number of hydrogen-bond acceptors (Lipinski definition) is 4. The van der Waals surface area contributed by atoms with E-state index in [1.54, 1.807) is 43.5 Å². The van der Waals surface area contributed by atoms with Crippen molar-refractivity contribution in [1.29, 1.82) is 0 Å². The molecule has 1 unspecified atom stereocenters. The number of hydrogen-bond donors (Lipinski definition) is 2. The molecule has 0 spiro atoms. The number of ether oxygens (including phenoxy) is 1. The molecule has 3 aromatic rings. The summed E-state index contributed by atoms with van der Waals surface area (Å²) in [7, 11) is 1.66. The molecule has 0 aromatic heterocycles. The van der Waals surface area contributed by atoms with Gasteiger partial charge in [0.1, 0.15) is 12.3 Å². The van der Waals surface area contributed by atoms with E-state index in [4.69, 9.17) is 4.74 Å². The number of anilines is 3. The van der Waals surface area contributed by atoms with Crippen molar-refractivity contribution in [3.05, 3.63) is 83.4 Å². The van der Waals surface area contributed by atoms with Crippen LogP contribution < -0.4 is 20.3 Å². The van der Waals surface area contributed by atoms with Gasteiger partial charge in [0, 0.05) is 17.7 Å². The van der Waals surface area contributed by atoms with E-state index in [1.807, 2.05) is 18.2 Å².